The number of anilines is 1. The molecule has 112 valence electrons. The maximum absolute atomic E-state index is 5.92. The van der Waals surface area contributed by atoms with E-state index in [0.29, 0.717) is 6.54 Å². The summed E-state index contributed by atoms with van der Waals surface area (Å²) in [4.78, 5) is 11.3. The molecule has 1 aromatic rings. The van der Waals surface area contributed by atoms with E-state index in [4.69, 9.17) is 10.7 Å². The van der Waals surface area contributed by atoms with Crippen molar-refractivity contribution in [2.24, 2.45) is 5.73 Å². The average molecular weight is 294 g/mol. The second-order valence-corrected chi connectivity index (χ2v) is 8.06. The summed E-state index contributed by atoms with van der Waals surface area (Å²) in [6.07, 6.45) is 2.70. The van der Waals surface area contributed by atoms with Crippen LogP contribution >= 0.6 is 11.3 Å². The molecule has 0 amide bonds. The lowest BCUT2D eigenvalue weighted by atomic mass is 9.91. The highest BCUT2D eigenvalue weighted by atomic mass is 32.1. The summed E-state index contributed by atoms with van der Waals surface area (Å²) in [6.45, 7) is 12.0. The van der Waals surface area contributed by atoms with E-state index in [-0.39, 0.29) is 5.41 Å². The van der Waals surface area contributed by atoms with Crippen LogP contribution in [-0.4, -0.2) is 42.1 Å². The van der Waals surface area contributed by atoms with Crippen molar-refractivity contribution in [3.63, 3.8) is 0 Å². The van der Waals surface area contributed by atoms with Crippen LogP contribution in [0.25, 0.3) is 0 Å². The first kappa shape index (κ1) is 14.3. The first-order chi connectivity index (χ1) is 9.49. The third-order valence-corrected chi connectivity index (χ3v) is 5.58. The van der Waals surface area contributed by atoms with Crippen molar-refractivity contribution < 1.29 is 0 Å². The molecule has 0 saturated carbocycles. The maximum Gasteiger partial charge on any atom is 0.185 e. The van der Waals surface area contributed by atoms with Gasteiger partial charge in [0.15, 0.2) is 5.13 Å². The van der Waals surface area contributed by atoms with Crippen LogP contribution in [0.2, 0.25) is 0 Å². The van der Waals surface area contributed by atoms with E-state index in [1.807, 2.05) is 0 Å². The molecule has 5 heteroatoms. The molecule has 2 saturated heterocycles. The Morgan fingerprint density at radius 3 is 2.75 bits per heavy atom. The SMILES string of the molecule is CC(C)(C)c1nc(N2CCN3CCCC3C2)sc1CN. The van der Waals surface area contributed by atoms with E-state index in [2.05, 4.69) is 30.6 Å². The molecule has 0 spiro atoms. The van der Waals surface area contributed by atoms with E-state index in [9.17, 15) is 0 Å². The molecule has 3 rings (SSSR count). The van der Waals surface area contributed by atoms with Crippen LogP contribution in [0.5, 0.6) is 0 Å². The number of nitrogens with two attached hydrogens (primary N) is 1. The highest BCUT2D eigenvalue weighted by Gasteiger charge is 2.32. The molecule has 4 nitrogen and oxygen atoms in total. The van der Waals surface area contributed by atoms with Gasteiger partial charge in [-0.25, -0.2) is 4.98 Å². The zero-order chi connectivity index (χ0) is 14.3. The Bertz CT molecular complexity index is 477. The first-order valence-electron chi connectivity index (χ1n) is 7.68. The largest absolute Gasteiger partial charge is 0.345 e. The molecular formula is C15H26N4S. The van der Waals surface area contributed by atoms with Gasteiger partial charge < -0.3 is 10.6 Å². The van der Waals surface area contributed by atoms with Gasteiger partial charge in [0.05, 0.1) is 5.69 Å². The van der Waals surface area contributed by atoms with Crippen LogP contribution in [0.15, 0.2) is 0 Å². The lowest BCUT2D eigenvalue weighted by Gasteiger charge is -2.37. The fourth-order valence-corrected chi connectivity index (χ4v) is 4.55. The second-order valence-electron chi connectivity index (χ2n) is 7.00. The molecule has 1 atom stereocenters. The summed E-state index contributed by atoms with van der Waals surface area (Å²) >= 11 is 1.80. The summed E-state index contributed by atoms with van der Waals surface area (Å²) in [5.41, 5.74) is 7.19. The number of fused-ring (bicyclic) bond motifs is 1. The summed E-state index contributed by atoms with van der Waals surface area (Å²) in [5, 5.41) is 1.18. The maximum atomic E-state index is 5.92. The van der Waals surface area contributed by atoms with Gasteiger partial charge in [0.2, 0.25) is 0 Å². The van der Waals surface area contributed by atoms with E-state index >= 15 is 0 Å². The minimum Gasteiger partial charge on any atom is -0.345 e. The number of piperazine rings is 1. The van der Waals surface area contributed by atoms with Gasteiger partial charge in [0.1, 0.15) is 0 Å². The van der Waals surface area contributed by atoms with Gasteiger partial charge in [-0.15, -0.1) is 11.3 Å². The van der Waals surface area contributed by atoms with Crippen molar-refractivity contribution in [1.82, 2.24) is 9.88 Å². The number of hydrogen-bond donors (Lipinski definition) is 1. The third kappa shape index (κ3) is 2.59. The monoisotopic (exact) mass is 294 g/mol. The van der Waals surface area contributed by atoms with Gasteiger partial charge in [-0.05, 0) is 19.4 Å². The van der Waals surface area contributed by atoms with Crippen molar-refractivity contribution in [2.45, 2.75) is 51.6 Å². The van der Waals surface area contributed by atoms with Crippen molar-refractivity contribution in [1.29, 1.82) is 0 Å². The Labute approximate surface area is 126 Å². The molecule has 0 radical (unpaired) electrons. The van der Waals surface area contributed by atoms with Gasteiger partial charge in [-0.2, -0.15) is 0 Å². The average Bonchev–Trinajstić information content (AvgIpc) is 3.03. The third-order valence-electron chi connectivity index (χ3n) is 4.44. The van der Waals surface area contributed by atoms with Crippen LogP contribution < -0.4 is 10.6 Å². The summed E-state index contributed by atoms with van der Waals surface area (Å²) in [6, 6.07) is 0.743. The fraction of sp³-hybridized carbons (Fsp3) is 0.800. The van der Waals surface area contributed by atoms with Crippen LogP contribution in [0.1, 0.15) is 44.2 Å². The Hall–Kier alpha value is -0.650. The minimum absolute atomic E-state index is 0.0820. The lowest BCUT2D eigenvalue weighted by Crippen LogP contribution is -2.50. The lowest BCUT2D eigenvalue weighted by molar-refractivity contribution is 0.231. The van der Waals surface area contributed by atoms with Crippen LogP contribution in [0, 0.1) is 0 Å². The first-order valence-corrected chi connectivity index (χ1v) is 8.50. The molecule has 20 heavy (non-hydrogen) atoms. The smallest absolute Gasteiger partial charge is 0.185 e. The molecule has 0 aliphatic carbocycles. The molecule has 1 aromatic heterocycles. The van der Waals surface area contributed by atoms with Crippen LogP contribution in [-0.2, 0) is 12.0 Å². The van der Waals surface area contributed by atoms with Gasteiger partial charge in [-0.3, -0.25) is 4.90 Å². The standard InChI is InChI=1S/C15H26N4S/c1-15(2,3)13-12(9-16)20-14(17-13)19-8-7-18-6-4-5-11(18)10-19/h11H,4-10,16H2,1-3H3. The second kappa shape index (κ2) is 5.28. The number of nitrogens with zero attached hydrogens (tertiary/aromatic N) is 3. The van der Waals surface area contributed by atoms with Crippen LogP contribution in [0.4, 0.5) is 5.13 Å². The summed E-state index contributed by atoms with van der Waals surface area (Å²) < 4.78 is 0. The summed E-state index contributed by atoms with van der Waals surface area (Å²) in [5.74, 6) is 0. The number of rotatable bonds is 2. The van der Waals surface area contributed by atoms with Gasteiger partial charge in [-0.1, -0.05) is 20.8 Å². The van der Waals surface area contributed by atoms with Gasteiger partial charge in [0.25, 0.3) is 0 Å². The fourth-order valence-electron chi connectivity index (χ4n) is 3.36. The van der Waals surface area contributed by atoms with E-state index in [1.165, 1.54) is 41.6 Å². The van der Waals surface area contributed by atoms with Crippen molar-refractivity contribution in [3.8, 4) is 0 Å². The number of aromatic nitrogens is 1. The normalized spacial score (nSPS) is 24.2. The van der Waals surface area contributed by atoms with Crippen molar-refractivity contribution >= 4 is 16.5 Å². The summed E-state index contributed by atoms with van der Waals surface area (Å²) in [7, 11) is 0. The predicted molar refractivity (Wildman–Crippen MR) is 85.5 cm³/mol. The molecular weight excluding hydrogens is 268 g/mol. The molecule has 0 aromatic carbocycles. The number of thiazole rings is 1. The zero-order valence-electron chi connectivity index (χ0n) is 12.9. The highest BCUT2D eigenvalue weighted by molar-refractivity contribution is 7.15. The minimum atomic E-state index is 0.0820. The van der Waals surface area contributed by atoms with Gasteiger partial charge >= 0.3 is 0 Å². The molecule has 3 heterocycles. The van der Waals surface area contributed by atoms with Crippen molar-refractivity contribution in [2.75, 3.05) is 31.1 Å². The van der Waals surface area contributed by atoms with E-state index < -0.39 is 0 Å². The Morgan fingerprint density at radius 2 is 2.10 bits per heavy atom. The molecule has 2 aliphatic rings. The molecule has 2 N–H and O–H groups in total. The number of hydrogen-bond acceptors (Lipinski definition) is 5. The Morgan fingerprint density at radius 1 is 1.30 bits per heavy atom. The van der Waals surface area contributed by atoms with Crippen molar-refractivity contribution in [3.05, 3.63) is 10.6 Å². The quantitative estimate of drug-likeness (QED) is 0.908. The highest BCUT2D eigenvalue weighted by Crippen LogP contribution is 2.35. The molecule has 2 fully saturated rings. The molecule has 1 unspecified atom stereocenters. The van der Waals surface area contributed by atoms with Crippen LogP contribution in [0.3, 0.4) is 0 Å². The zero-order valence-corrected chi connectivity index (χ0v) is 13.7. The topological polar surface area (TPSA) is 45.4 Å². The Balaban J connectivity index is 1.82. The van der Waals surface area contributed by atoms with E-state index in [1.54, 1.807) is 11.3 Å². The van der Waals surface area contributed by atoms with E-state index in [0.717, 1.165) is 19.1 Å². The molecule has 2 aliphatic heterocycles. The van der Waals surface area contributed by atoms with Gasteiger partial charge in [0, 0.05) is 42.5 Å². The predicted octanol–water partition coefficient (Wildman–Crippen LogP) is 2.18. The Kier molecular flexibility index (Phi) is 3.77. The molecule has 0 bridgehead atoms.